The summed E-state index contributed by atoms with van der Waals surface area (Å²) in [5.41, 5.74) is 2.36. The Balaban J connectivity index is 0.00000392. The van der Waals surface area contributed by atoms with Crippen LogP contribution in [0.15, 0.2) is 36.4 Å². The van der Waals surface area contributed by atoms with Crippen molar-refractivity contribution in [3.8, 4) is 0 Å². The Bertz CT molecular complexity index is 888. The zero-order valence-corrected chi connectivity index (χ0v) is 17.8. The van der Waals surface area contributed by atoms with Crippen molar-refractivity contribution in [2.24, 2.45) is 7.05 Å². The van der Waals surface area contributed by atoms with Gasteiger partial charge in [0.05, 0.1) is 24.1 Å². The second-order valence-corrected chi connectivity index (χ2v) is 6.16. The van der Waals surface area contributed by atoms with Crippen LogP contribution in [0.2, 0.25) is 0 Å². The monoisotopic (exact) mass is 410 g/mol. The molecule has 28 heavy (non-hydrogen) atoms. The summed E-state index contributed by atoms with van der Waals surface area (Å²) in [5.74, 6) is -4.25. The number of nitrogens with one attached hydrogen (secondary N) is 1. The first-order valence-electron chi connectivity index (χ1n) is 8.15. The normalized spacial score (nSPS) is 11.2. The first-order chi connectivity index (χ1) is 12.7. The Kier molecular flexibility index (Phi) is 8.87. The van der Waals surface area contributed by atoms with E-state index in [1.165, 1.54) is 4.57 Å². The van der Waals surface area contributed by atoms with Gasteiger partial charge in [0.1, 0.15) is 0 Å². The maximum atomic E-state index is 12.6. The van der Waals surface area contributed by atoms with Crippen LogP contribution < -0.4 is 15.5 Å². The van der Waals surface area contributed by atoms with Crippen LogP contribution in [0.3, 0.4) is 0 Å². The van der Waals surface area contributed by atoms with E-state index in [0.29, 0.717) is 17.0 Å². The molecule has 0 saturated heterocycles. The number of carboxylic acids is 2. The molecule has 0 aliphatic carbocycles. The quantitative estimate of drug-likeness (QED) is 0.400. The molecule has 1 aromatic carbocycles. The molecule has 2 aromatic rings. The molecule has 0 fully saturated rings. The molecule has 2 rings (SSSR count). The molecule has 1 atom stereocenters. The predicted molar refractivity (Wildman–Crippen MR) is 96.0 cm³/mol. The number of aliphatic carboxylic acids is 2. The third-order valence-corrected chi connectivity index (χ3v) is 4.10. The Morgan fingerprint density at radius 3 is 2.18 bits per heavy atom. The summed E-state index contributed by atoms with van der Waals surface area (Å²) in [5, 5.41) is 23.5. The van der Waals surface area contributed by atoms with E-state index in [2.05, 4.69) is 5.32 Å². The molecular weight excluding hydrogens is 392 g/mol. The van der Waals surface area contributed by atoms with Gasteiger partial charge in [0.25, 0.3) is 0 Å². The van der Waals surface area contributed by atoms with Gasteiger partial charge in [0, 0.05) is 30.7 Å². The number of rotatable bonds is 8. The third kappa shape index (κ3) is 6.19. The van der Waals surface area contributed by atoms with Gasteiger partial charge in [0.15, 0.2) is 0 Å². The van der Waals surface area contributed by atoms with Crippen LogP contribution in [-0.4, -0.2) is 72.0 Å². The number of amides is 1. The summed E-state index contributed by atoms with van der Waals surface area (Å²) in [4.78, 5) is 46.1. The molecular formula is C19H18CaN2O6. The van der Waals surface area contributed by atoms with Gasteiger partial charge in [-0.25, -0.2) is 0 Å². The number of carbonyl (C=O) groups is 4. The standard InChI is InChI=1S/C19H20N2O6.Ca/c1-11-3-5-12(6-4-11)18(25)15-8-7-13(21(15)2)9-16(22)20-14(19(26)27)10-17(23)24;/h3-8,14H,9-10H2,1-2H3,(H,20,22)(H,23,24)(H,26,27);/q;+2/p-2/t14-;/m1./s1. The van der Waals surface area contributed by atoms with E-state index < -0.39 is 30.3 Å². The maximum Gasteiger partial charge on any atom is 2.00 e. The fourth-order valence-corrected chi connectivity index (χ4v) is 2.58. The van der Waals surface area contributed by atoms with Gasteiger partial charge < -0.3 is 29.7 Å². The molecule has 8 nitrogen and oxygen atoms in total. The van der Waals surface area contributed by atoms with Crippen molar-refractivity contribution >= 4 is 61.4 Å². The minimum Gasteiger partial charge on any atom is -0.550 e. The average molecular weight is 410 g/mol. The number of hydrogen-bond acceptors (Lipinski definition) is 6. The minimum atomic E-state index is -1.71. The molecule has 1 N–H and O–H groups in total. The minimum absolute atomic E-state index is 0. The maximum absolute atomic E-state index is 12.6. The van der Waals surface area contributed by atoms with Crippen molar-refractivity contribution in [2.45, 2.75) is 25.8 Å². The van der Waals surface area contributed by atoms with Gasteiger partial charge in [0.2, 0.25) is 11.7 Å². The molecule has 142 valence electrons. The van der Waals surface area contributed by atoms with Crippen LogP contribution in [0.4, 0.5) is 0 Å². The summed E-state index contributed by atoms with van der Waals surface area (Å²) < 4.78 is 1.54. The fourth-order valence-electron chi connectivity index (χ4n) is 2.58. The molecule has 0 aliphatic heterocycles. The van der Waals surface area contributed by atoms with E-state index in [-0.39, 0.29) is 49.9 Å². The molecule has 0 bridgehead atoms. The SMILES string of the molecule is Cc1ccc(C(=O)c2ccc(CC(=O)N[C@H](CC(=O)[O-])C(=O)[O-])n2C)cc1.[Ca+2]. The summed E-state index contributed by atoms with van der Waals surface area (Å²) in [6, 6.07) is 8.53. The number of hydrogen-bond donors (Lipinski definition) is 1. The number of nitrogens with zero attached hydrogens (tertiary/aromatic N) is 1. The van der Waals surface area contributed by atoms with Crippen LogP contribution in [0, 0.1) is 6.92 Å². The van der Waals surface area contributed by atoms with E-state index in [9.17, 15) is 29.4 Å². The summed E-state index contributed by atoms with van der Waals surface area (Å²) in [6.07, 6.45) is -1.12. The van der Waals surface area contributed by atoms with Crippen molar-refractivity contribution < 1.29 is 29.4 Å². The second kappa shape index (κ2) is 10.4. The van der Waals surface area contributed by atoms with Crippen LogP contribution in [0.25, 0.3) is 0 Å². The smallest absolute Gasteiger partial charge is 0.550 e. The Morgan fingerprint density at radius 2 is 1.64 bits per heavy atom. The van der Waals surface area contributed by atoms with E-state index in [1.54, 1.807) is 31.3 Å². The van der Waals surface area contributed by atoms with Gasteiger partial charge in [-0.15, -0.1) is 0 Å². The number of benzene rings is 1. The topological polar surface area (TPSA) is 131 Å². The van der Waals surface area contributed by atoms with Gasteiger partial charge >= 0.3 is 37.7 Å². The molecule has 1 amide bonds. The summed E-state index contributed by atoms with van der Waals surface area (Å²) in [6.45, 7) is 1.91. The first-order valence-corrected chi connectivity index (χ1v) is 8.15. The molecule has 0 saturated carbocycles. The van der Waals surface area contributed by atoms with Gasteiger partial charge in [-0.2, -0.15) is 0 Å². The Hall–Kier alpha value is -2.16. The Morgan fingerprint density at radius 1 is 1.04 bits per heavy atom. The molecule has 0 radical (unpaired) electrons. The molecule has 0 unspecified atom stereocenters. The third-order valence-electron chi connectivity index (χ3n) is 4.10. The van der Waals surface area contributed by atoms with E-state index >= 15 is 0 Å². The van der Waals surface area contributed by atoms with Crippen molar-refractivity contribution in [2.75, 3.05) is 0 Å². The molecule has 1 aromatic heterocycles. The van der Waals surface area contributed by atoms with Crippen LogP contribution >= 0.6 is 0 Å². The molecule has 1 heterocycles. The van der Waals surface area contributed by atoms with Gasteiger partial charge in [-0.3, -0.25) is 9.59 Å². The summed E-state index contributed by atoms with van der Waals surface area (Å²) >= 11 is 0. The number of carbonyl (C=O) groups excluding carboxylic acids is 4. The molecule has 0 aliphatic rings. The predicted octanol–water partition coefficient (Wildman–Crippen LogP) is -1.90. The van der Waals surface area contributed by atoms with Crippen LogP contribution in [0.5, 0.6) is 0 Å². The second-order valence-electron chi connectivity index (χ2n) is 6.16. The van der Waals surface area contributed by atoms with Gasteiger partial charge in [-0.1, -0.05) is 29.8 Å². The first kappa shape index (κ1) is 23.9. The average Bonchev–Trinajstić information content (AvgIpc) is 2.94. The Labute approximate surface area is 191 Å². The van der Waals surface area contributed by atoms with Gasteiger partial charge in [-0.05, 0) is 19.1 Å². The molecule has 0 spiro atoms. The zero-order valence-electron chi connectivity index (χ0n) is 15.6. The van der Waals surface area contributed by atoms with Crippen molar-refractivity contribution in [1.29, 1.82) is 0 Å². The molecule has 9 heteroatoms. The zero-order chi connectivity index (χ0) is 20.1. The van der Waals surface area contributed by atoms with Crippen molar-refractivity contribution in [3.63, 3.8) is 0 Å². The van der Waals surface area contributed by atoms with Crippen molar-refractivity contribution in [1.82, 2.24) is 9.88 Å². The van der Waals surface area contributed by atoms with Crippen LogP contribution in [0.1, 0.15) is 33.7 Å². The number of ketones is 1. The largest absolute Gasteiger partial charge is 2.00 e. The van der Waals surface area contributed by atoms with E-state index in [1.807, 2.05) is 19.1 Å². The van der Waals surface area contributed by atoms with E-state index in [4.69, 9.17) is 0 Å². The van der Waals surface area contributed by atoms with E-state index in [0.717, 1.165) is 5.56 Å². The fraction of sp³-hybridized carbons (Fsp3) is 0.263. The summed E-state index contributed by atoms with van der Waals surface area (Å²) in [7, 11) is 1.61. The number of carboxylic acid groups (broad SMARTS) is 2. The number of aryl methyl sites for hydroxylation is 1. The van der Waals surface area contributed by atoms with Crippen molar-refractivity contribution in [3.05, 3.63) is 58.9 Å². The number of aromatic nitrogens is 1. The van der Waals surface area contributed by atoms with Crippen LogP contribution in [-0.2, 0) is 27.9 Å².